The van der Waals surface area contributed by atoms with Crippen molar-refractivity contribution in [1.29, 1.82) is 0 Å². The van der Waals surface area contributed by atoms with Crippen molar-refractivity contribution in [2.24, 2.45) is 5.92 Å². The number of aliphatic carboxylic acids is 1. The van der Waals surface area contributed by atoms with Crippen molar-refractivity contribution in [3.05, 3.63) is 64.7 Å². The fourth-order valence-corrected chi connectivity index (χ4v) is 2.92. The molecule has 0 saturated carbocycles. The molecular weight excluding hydrogens is 376 g/mol. The molecule has 0 radical (unpaired) electrons. The quantitative estimate of drug-likeness (QED) is 0.555. The summed E-state index contributed by atoms with van der Waals surface area (Å²) >= 11 is 0. The molecule has 2 N–H and O–H groups in total. The number of benzene rings is 1. The Kier molecular flexibility index (Phi) is 6.28. The van der Waals surface area contributed by atoms with Crippen molar-refractivity contribution >= 4 is 17.5 Å². The first-order valence-corrected chi connectivity index (χ1v) is 9.23. The molecule has 0 aliphatic heterocycles. The highest BCUT2D eigenvalue weighted by Gasteiger charge is 2.20. The Bertz CT molecular complexity index is 1050. The number of rotatable bonds is 9. The summed E-state index contributed by atoms with van der Waals surface area (Å²) in [5.74, 6) is -1.57. The molecule has 0 spiro atoms. The van der Waals surface area contributed by atoms with Gasteiger partial charge in [-0.25, -0.2) is 9.48 Å². The topological polar surface area (TPSA) is 115 Å². The summed E-state index contributed by atoms with van der Waals surface area (Å²) in [5.41, 5.74) is 0.829. The summed E-state index contributed by atoms with van der Waals surface area (Å²) < 4.78 is 7.75. The average Bonchev–Trinajstić information content (AvgIpc) is 3.02. The maximum Gasteiger partial charge on any atom is 0.350 e. The number of nitrogens with one attached hydrogen (secondary N) is 1. The molecule has 0 fully saturated rings. The number of pyridine rings is 1. The van der Waals surface area contributed by atoms with Crippen molar-refractivity contribution in [1.82, 2.24) is 19.5 Å². The minimum atomic E-state index is -1.01. The van der Waals surface area contributed by atoms with Crippen molar-refractivity contribution in [3.63, 3.8) is 0 Å². The van der Waals surface area contributed by atoms with Gasteiger partial charge in [0.2, 0.25) is 5.91 Å². The fourth-order valence-electron chi connectivity index (χ4n) is 2.92. The maximum atomic E-state index is 12.2. The lowest BCUT2D eigenvalue weighted by atomic mass is 9.99. The van der Waals surface area contributed by atoms with Crippen molar-refractivity contribution in [2.75, 3.05) is 13.2 Å². The minimum absolute atomic E-state index is 0.0521. The number of carboxylic acid groups (broad SMARTS) is 1. The Hall–Kier alpha value is -3.62. The van der Waals surface area contributed by atoms with Gasteiger partial charge in [-0.2, -0.15) is 0 Å². The van der Waals surface area contributed by atoms with Crippen LogP contribution in [0.25, 0.3) is 5.65 Å². The lowest BCUT2D eigenvalue weighted by molar-refractivity contribution is -0.141. The highest BCUT2D eigenvalue weighted by atomic mass is 16.5. The molecule has 152 valence electrons. The second-order valence-corrected chi connectivity index (χ2v) is 6.49. The van der Waals surface area contributed by atoms with Crippen LogP contribution in [0.4, 0.5) is 0 Å². The summed E-state index contributed by atoms with van der Waals surface area (Å²) in [4.78, 5) is 36.0. The Morgan fingerprint density at radius 2 is 1.97 bits per heavy atom. The third-order valence-electron chi connectivity index (χ3n) is 4.39. The van der Waals surface area contributed by atoms with Crippen LogP contribution in [-0.2, 0) is 22.6 Å². The third kappa shape index (κ3) is 5.01. The number of aromatic nitrogens is 3. The van der Waals surface area contributed by atoms with Crippen molar-refractivity contribution in [2.45, 2.75) is 19.9 Å². The Morgan fingerprint density at radius 3 is 2.62 bits per heavy atom. The second-order valence-electron chi connectivity index (χ2n) is 6.49. The molecule has 3 aromatic rings. The molecule has 1 atom stereocenters. The predicted octanol–water partition coefficient (Wildman–Crippen LogP) is 0.954. The summed E-state index contributed by atoms with van der Waals surface area (Å²) in [6, 6.07) is 12.3. The molecule has 0 aliphatic rings. The predicted molar refractivity (Wildman–Crippen MR) is 105 cm³/mol. The molecule has 2 aromatic heterocycles. The number of hydrogen-bond donors (Lipinski definition) is 2. The van der Waals surface area contributed by atoms with Crippen LogP contribution in [-0.4, -0.2) is 44.3 Å². The fraction of sp³-hybridized carbons (Fsp3) is 0.300. The summed E-state index contributed by atoms with van der Waals surface area (Å²) in [6.45, 7) is 2.11. The van der Waals surface area contributed by atoms with Gasteiger partial charge in [0.1, 0.15) is 12.3 Å². The van der Waals surface area contributed by atoms with Crippen LogP contribution in [0, 0.1) is 5.92 Å². The number of carboxylic acids is 1. The van der Waals surface area contributed by atoms with E-state index in [0.717, 1.165) is 10.2 Å². The number of nitrogens with zero attached hydrogens (tertiary/aromatic N) is 3. The van der Waals surface area contributed by atoms with Gasteiger partial charge in [0.15, 0.2) is 5.65 Å². The second kappa shape index (κ2) is 9.05. The molecule has 1 amide bonds. The van der Waals surface area contributed by atoms with E-state index in [1.807, 2.05) is 6.92 Å². The zero-order valence-corrected chi connectivity index (χ0v) is 15.9. The van der Waals surface area contributed by atoms with E-state index in [-0.39, 0.29) is 19.5 Å². The van der Waals surface area contributed by atoms with Crippen LogP contribution in [0.1, 0.15) is 12.5 Å². The third-order valence-corrected chi connectivity index (χ3v) is 4.39. The van der Waals surface area contributed by atoms with Gasteiger partial charge in [-0.1, -0.05) is 18.2 Å². The van der Waals surface area contributed by atoms with Crippen molar-refractivity contribution in [3.8, 4) is 5.75 Å². The number of carbonyl (C=O) groups excluding carboxylic acids is 1. The lowest BCUT2D eigenvalue weighted by Crippen LogP contribution is -2.37. The Morgan fingerprint density at radius 1 is 1.21 bits per heavy atom. The first-order valence-electron chi connectivity index (χ1n) is 9.23. The van der Waals surface area contributed by atoms with Gasteiger partial charge in [0.25, 0.3) is 0 Å². The van der Waals surface area contributed by atoms with E-state index in [0.29, 0.717) is 18.0 Å². The van der Waals surface area contributed by atoms with Gasteiger partial charge >= 0.3 is 11.7 Å². The van der Waals surface area contributed by atoms with Gasteiger partial charge in [-0.3, -0.25) is 14.0 Å². The molecule has 3 rings (SSSR count). The van der Waals surface area contributed by atoms with Crippen LogP contribution in [0.2, 0.25) is 0 Å². The molecule has 29 heavy (non-hydrogen) atoms. The van der Waals surface area contributed by atoms with Crippen LogP contribution in [0.15, 0.2) is 53.5 Å². The highest BCUT2D eigenvalue weighted by molar-refractivity contribution is 5.77. The average molecular weight is 398 g/mol. The molecule has 1 aromatic carbocycles. The highest BCUT2D eigenvalue weighted by Crippen LogP contribution is 2.15. The monoisotopic (exact) mass is 398 g/mol. The van der Waals surface area contributed by atoms with Gasteiger partial charge < -0.3 is 15.2 Å². The van der Waals surface area contributed by atoms with E-state index >= 15 is 0 Å². The first-order chi connectivity index (χ1) is 14.0. The van der Waals surface area contributed by atoms with Crippen LogP contribution in [0.5, 0.6) is 5.75 Å². The normalized spacial score (nSPS) is 11.9. The number of hydrogen-bond acceptors (Lipinski definition) is 5. The van der Waals surface area contributed by atoms with E-state index in [2.05, 4.69) is 10.4 Å². The zero-order chi connectivity index (χ0) is 20.8. The number of fused-ring (bicyclic) bond motifs is 1. The molecule has 9 nitrogen and oxygen atoms in total. The van der Waals surface area contributed by atoms with Gasteiger partial charge in [0, 0.05) is 12.7 Å². The molecule has 0 aliphatic carbocycles. The molecule has 0 saturated heterocycles. The zero-order valence-electron chi connectivity index (χ0n) is 15.9. The van der Waals surface area contributed by atoms with E-state index in [1.165, 1.54) is 4.40 Å². The molecule has 2 heterocycles. The molecular formula is C20H22N4O5. The SMILES string of the molecule is CCOc1ccc(CC(CNC(=O)Cn2nc3ccccn3c2=O)C(=O)O)cc1. The van der Waals surface area contributed by atoms with Gasteiger partial charge in [0.05, 0.1) is 12.5 Å². The minimum Gasteiger partial charge on any atom is -0.494 e. The van der Waals surface area contributed by atoms with Crippen molar-refractivity contribution < 1.29 is 19.4 Å². The molecule has 9 heteroatoms. The number of amides is 1. The maximum absolute atomic E-state index is 12.2. The largest absolute Gasteiger partial charge is 0.494 e. The van der Waals surface area contributed by atoms with E-state index in [9.17, 15) is 19.5 Å². The van der Waals surface area contributed by atoms with Crippen LogP contribution < -0.4 is 15.7 Å². The van der Waals surface area contributed by atoms with E-state index in [4.69, 9.17) is 4.74 Å². The number of carbonyl (C=O) groups is 2. The summed E-state index contributed by atoms with van der Waals surface area (Å²) in [6.07, 6.45) is 1.83. The molecule has 1 unspecified atom stereocenters. The number of ether oxygens (including phenoxy) is 1. The lowest BCUT2D eigenvalue weighted by Gasteiger charge is -2.14. The Labute approximate surface area is 166 Å². The van der Waals surface area contributed by atoms with Gasteiger partial charge in [-0.15, -0.1) is 5.10 Å². The summed E-state index contributed by atoms with van der Waals surface area (Å²) in [7, 11) is 0. The van der Waals surface area contributed by atoms with E-state index in [1.54, 1.807) is 48.7 Å². The first kappa shape index (κ1) is 20.1. The smallest absolute Gasteiger partial charge is 0.350 e. The standard InChI is InChI=1S/C20H22N4O5/c1-2-29-16-8-6-14(7-9-16)11-15(19(26)27)12-21-18(25)13-24-20(28)23-10-4-3-5-17(23)22-24/h3-10,15H,2,11-13H2,1H3,(H,21,25)(H,26,27). The van der Waals surface area contributed by atoms with Crippen LogP contribution in [0.3, 0.4) is 0 Å². The van der Waals surface area contributed by atoms with Gasteiger partial charge in [-0.05, 0) is 43.2 Å². The molecule has 0 bridgehead atoms. The summed E-state index contributed by atoms with van der Waals surface area (Å²) in [5, 5.41) is 16.1. The van der Waals surface area contributed by atoms with Crippen LogP contribution >= 0.6 is 0 Å². The van der Waals surface area contributed by atoms with E-state index < -0.39 is 23.5 Å². The Balaban J connectivity index is 1.59.